The SMILES string of the molecule is Cc1cccc(CN2C(=O)N/C(=C\c3c(-c4ccc(Cl)cc4)[nH]n(-c4ccccc4C)c3=O)C2=O)c1. The first-order valence-corrected chi connectivity index (χ1v) is 11.8. The summed E-state index contributed by atoms with van der Waals surface area (Å²) < 4.78 is 1.44. The van der Waals surface area contributed by atoms with Crippen LogP contribution < -0.4 is 10.9 Å². The zero-order valence-corrected chi connectivity index (χ0v) is 20.5. The molecule has 1 fully saturated rings. The summed E-state index contributed by atoms with van der Waals surface area (Å²) in [6.45, 7) is 3.99. The number of aromatic nitrogens is 2. The monoisotopic (exact) mass is 498 g/mol. The van der Waals surface area contributed by atoms with Crippen LogP contribution in [0.2, 0.25) is 5.02 Å². The molecule has 36 heavy (non-hydrogen) atoms. The fourth-order valence-corrected chi connectivity index (χ4v) is 4.38. The van der Waals surface area contributed by atoms with Crippen molar-refractivity contribution in [1.82, 2.24) is 20.0 Å². The zero-order chi connectivity index (χ0) is 25.4. The normalized spacial score (nSPS) is 14.5. The summed E-state index contributed by atoms with van der Waals surface area (Å²) in [5.74, 6) is -0.494. The van der Waals surface area contributed by atoms with Gasteiger partial charge in [0, 0.05) is 10.6 Å². The first kappa shape index (κ1) is 23.4. The highest BCUT2D eigenvalue weighted by Crippen LogP contribution is 2.26. The van der Waals surface area contributed by atoms with Gasteiger partial charge in [-0.15, -0.1) is 0 Å². The van der Waals surface area contributed by atoms with Crippen molar-refractivity contribution in [3.8, 4) is 16.9 Å². The highest BCUT2D eigenvalue weighted by atomic mass is 35.5. The molecule has 2 heterocycles. The smallest absolute Gasteiger partial charge is 0.303 e. The summed E-state index contributed by atoms with van der Waals surface area (Å²) in [6, 6.07) is 21.6. The van der Waals surface area contributed by atoms with E-state index in [-0.39, 0.29) is 23.4 Å². The van der Waals surface area contributed by atoms with Crippen molar-refractivity contribution in [2.24, 2.45) is 0 Å². The fourth-order valence-electron chi connectivity index (χ4n) is 4.26. The lowest BCUT2D eigenvalue weighted by molar-refractivity contribution is -0.123. The molecule has 0 aliphatic carbocycles. The lowest BCUT2D eigenvalue weighted by Gasteiger charge is -2.12. The molecule has 5 rings (SSSR count). The Labute approximate surface area is 212 Å². The van der Waals surface area contributed by atoms with E-state index in [2.05, 4.69) is 10.4 Å². The number of aryl methyl sites for hydroxylation is 2. The van der Waals surface area contributed by atoms with Gasteiger partial charge in [0.2, 0.25) is 0 Å². The second kappa shape index (κ2) is 9.36. The molecule has 1 aliphatic heterocycles. The highest BCUT2D eigenvalue weighted by Gasteiger charge is 2.34. The number of carbonyl (C=O) groups is 2. The van der Waals surface area contributed by atoms with Crippen LogP contribution in [0.15, 0.2) is 83.3 Å². The molecule has 1 saturated heterocycles. The largest absolute Gasteiger partial charge is 0.329 e. The Hall–Kier alpha value is -4.36. The number of nitrogens with zero attached hydrogens (tertiary/aromatic N) is 2. The summed E-state index contributed by atoms with van der Waals surface area (Å²) in [4.78, 5) is 40.6. The van der Waals surface area contributed by atoms with E-state index in [0.717, 1.165) is 21.6 Å². The average molecular weight is 499 g/mol. The number of carbonyl (C=O) groups excluding carboxylic acids is 2. The van der Waals surface area contributed by atoms with Crippen LogP contribution in [0.5, 0.6) is 0 Å². The van der Waals surface area contributed by atoms with Crippen molar-refractivity contribution < 1.29 is 9.59 Å². The lowest BCUT2D eigenvalue weighted by Crippen LogP contribution is -2.30. The molecule has 2 N–H and O–H groups in total. The molecule has 0 bridgehead atoms. The van der Waals surface area contributed by atoms with Crippen molar-refractivity contribution in [3.63, 3.8) is 0 Å². The number of hydrogen-bond donors (Lipinski definition) is 2. The minimum Gasteiger partial charge on any atom is -0.303 e. The lowest BCUT2D eigenvalue weighted by atomic mass is 10.1. The van der Waals surface area contributed by atoms with Gasteiger partial charge in [-0.05, 0) is 49.2 Å². The van der Waals surface area contributed by atoms with Gasteiger partial charge in [0.15, 0.2) is 0 Å². The minimum atomic E-state index is -0.532. The van der Waals surface area contributed by atoms with E-state index < -0.39 is 11.9 Å². The number of urea groups is 1. The first-order chi connectivity index (χ1) is 17.3. The molecule has 0 spiro atoms. The zero-order valence-electron chi connectivity index (χ0n) is 19.7. The number of nitrogens with one attached hydrogen (secondary N) is 2. The number of halogens is 1. The molecular formula is C28H23ClN4O3. The molecule has 1 aliphatic rings. The van der Waals surface area contributed by atoms with Gasteiger partial charge >= 0.3 is 6.03 Å². The molecule has 7 nitrogen and oxygen atoms in total. The topological polar surface area (TPSA) is 87.2 Å². The molecule has 8 heteroatoms. The average Bonchev–Trinajstić information content (AvgIpc) is 3.31. The van der Waals surface area contributed by atoms with E-state index in [0.29, 0.717) is 22.0 Å². The van der Waals surface area contributed by atoms with Gasteiger partial charge in [-0.25, -0.2) is 9.48 Å². The molecule has 180 valence electrons. The van der Waals surface area contributed by atoms with Crippen LogP contribution in [-0.2, 0) is 11.3 Å². The number of benzene rings is 3. The maximum atomic E-state index is 13.6. The van der Waals surface area contributed by atoms with Gasteiger partial charge in [0.25, 0.3) is 11.5 Å². The molecule has 0 unspecified atom stereocenters. The van der Waals surface area contributed by atoms with Crippen LogP contribution in [0, 0.1) is 13.8 Å². The molecule has 3 aromatic carbocycles. The number of aromatic amines is 1. The third kappa shape index (κ3) is 4.36. The van der Waals surface area contributed by atoms with Gasteiger partial charge in [-0.2, -0.15) is 0 Å². The Kier molecular flexibility index (Phi) is 6.08. The van der Waals surface area contributed by atoms with E-state index in [4.69, 9.17) is 11.6 Å². The van der Waals surface area contributed by atoms with Gasteiger partial charge in [0.1, 0.15) is 5.70 Å². The third-order valence-corrected chi connectivity index (χ3v) is 6.34. The molecule has 1 aromatic heterocycles. The second-order valence-electron chi connectivity index (χ2n) is 8.70. The molecule has 0 atom stereocenters. The van der Waals surface area contributed by atoms with Crippen molar-refractivity contribution in [2.45, 2.75) is 20.4 Å². The number of rotatable bonds is 5. The Morgan fingerprint density at radius 1 is 0.917 bits per heavy atom. The maximum Gasteiger partial charge on any atom is 0.329 e. The molecule has 4 aromatic rings. The van der Waals surface area contributed by atoms with E-state index >= 15 is 0 Å². The van der Waals surface area contributed by atoms with Crippen LogP contribution >= 0.6 is 11.6 Å². The summed E-state index contributed by atoms with van der Waals surface area (Å²) in [5, 5.41) is 6.37. The third-order valence-electron chi connectivity index (χ3n) is 6.09. The second-order valence-corrected chi connectivity index (χ2v) is 9.14. The van der Waals surface area contributed by atoms with E-state index in [1.165, 1.54) is 10.8 Å². The van der Waals surface area contributed by atoms with Crippen LogP contribution in [-0.4, -0.2) is 26.6 Å². The number of amides is 3. The van der Waals surface area contributed by atoms with E-state index in [1.54, 1.807) is 24.3 Å². The van der Waals surface area contributed by atoms with Gasteiger partial charge < -0.3 is 5.32 Å². The summed E-state index contributed by atoms with van der Waals surface area (Å²) >= 11 is 6.07. The number of H-pyrrole nitrogens is 1. The minimum absolute atomic E-state index is 0.0379. The Morgan fingerprint density at radius 2 is 1.67 bits per heavy atom. The van der Waals surface area contributed by atoms with Crippen molar-refractivity contribution in [2.75, 3.05) is 0 Å². The number of imide groups is 1. The highest BCUT2D eigenvalue weighted by molar-refractivity contribution is 6.30. The van der Waals surface area contributed by atoms with E-state index in [9.17, 15) is 14.4 Å². The van der Waals surface area contributed by atoms with Crippen LogP contribution in [0.3, 0.4) is 0 Å². The Balaban J connectivity index is 1.59. The van der Waals surface area contributed by atoms with Crippen LogP contribution in [0.1, 0.15) is 22.3 Å². The Bertz CT molecular complexity index is 1580. The Morgan fingerprint density at radius 3 is 2.39 bits per heavy atom. The maximum absolute atomic E-state index is 13.6. The van der Waals surface area contributed by atoms with Gasteiger partial charge in [0.05, 0.1) is 23.5 Å². The summed E-state index contributed by atoms with van der Waals surface area (Å²) in [7, 11) is 0. The number of para-hydroxylation sites is 1. The fraction of sp³-hybridized carbons (Fsp3) is 0.107. The van der Waals surface area contributed by atoms with Gasteiger partial charge in [-0.1, -0.05) is 71.8 Å². The quantitative estimate of drug-likeness (QED) is 0.293. The summed E-state index contributed by atoms with van der Waals surface area (Å²) in [6.07, 6.45) is 1.44. The first-order valence-electron chi connectivity index (χ1n) is 11.4. The predicted molar refractivity (Wildman–Crippen MR) is 140 cm³/mol. The standard InChI is InChI=1S/C28H23ClN4O3/c1-17-6-5-8-19(14-17)16-32-27(35)23(30-28(32)36)15-22-25(20-10-12-21(29)13-11-20)31-33(26(22)34)24-9-4-3-7-18(24)2/h3-15,31H,16H2,1-2H3,(H,30,36)/b23-15-. The predicted octanol–water partition coefficient (Wildman–Crippen LogP) is 5.20. The number of hydrogen-bond acceptors (Lipinski definition) is 3. The van der Waals surface area contributed by atoms with Crippen LogP contribution in [0.4, 0.5) is 4.79 Å². The molecule has 0 saturated carbocycles. The molecule has 3 amide bonds. The van der Waals surface area contributed by atoms with Crippen molar-refractivity contribution >= 4 is 29.6 Å². The van der Waals surface area contributed by atoms with Crippen molar-refractivity contribution in [3.05, 3.63) is 116 Å². The van der Waals surface area contributed by atoms with E-state index in [1.807, 2.05) is 62.4 Å². The van der Waals surface area contributed by atoms with Crippen LogP contribution in [0.25, 0.3) is 23.0 Å². The molecular weight excluding hydrogens is 476 g/mol. The van der Waals surface area contributed by atoms with Gasteiger partial charge in [-0.3, -0.25) is 19.6 Å². The van der Waals surface area contributed by atoms with Crippen molar-refractivity contribution in [1.29, 1.82) is 0 Å². The molecule has 0 radical (unpaired) electrons. The summed E-state index contributed by atoms with van der Waals surface area (Å²) in [5.41, 5.74) is 4.62.